The minimum atomic E-state index is -0.0186. The maximum Gasteiger partial charge on any atom is 0.176 e. The van der Waals surface area contributed by atoms with E-state index in [4.69, 9.17) is 9.47 Å². The van der Waals surface area contributed by atoms with Gasteiger partial charge in [-0.05, 0) is 30.7 Å². The lowest BCUT2D eigenvalue weighted by Gasteiger charge is -2.35. The first-order chi connectivity index (χ1) is 9.79. The molecule has 0 saturated carbocycles. The van der Waals surface area contributed by atoms with Gasteiger partial charge in [0.1, 0.15) is 11.5 Å². The molecule has 1 aromatic rings. The van der Waals surface area contributed by atoms with Crippen molar-refractivity contribution in [2.75, 3.05) is 26.3 Å². The summed E-state index contributed by atoms with van der Waals surface area (Å²) < 4.78 is 11.5. The molecule has 112 valence electrons. The summed E-state index contributed by atoms with van der Waals surface area (Å²) in [6.07, 6.45) is 5.03. The Morgan fingerprint density at radius 2 is 2.05 bits per heavy atom. The van der Waals surface area contributed by atoms with Gasteiger partial charge in [0.25, 0.3) is 0 Å². The number of unbranched alkanes of at least 4 members (excludes halogenated alkanes) is 3. The van der Waals surface area contributed by atoms with Crippen LogP contribution in [0.3, 0.4) is 0 Å². The van der Waals surface area contributed by atoms with Crippen LogP contribution in [0.2, 0.25) is 0 Å². The summed E-state index contributed by atoms with van der Waals surface area (Å²) in [5.74, 6) is 1.03. The second kappa shape index (κ2) is 8.12. The maximum absolute atomic E-state index is 9.29. The predicted octanol–water partition coefficient (Wildman–Crippen LogP) is 3.01. The monoisotopic (exact) mass is 279 g/mol. The first-order valence-corrected chi connectivity index (χ1v) is 7.57. The van der Waals surface area contributed by atoms with Crippen molar-refractivity contribution in [1.82, 2.24) is 4.90 Å². The van der Waals surface area contributed by atoms with E-state index in [-0.39, 0.29) is 12.0 Å². The summed E-state index contributed by atoms with van der Waals surface area (Å²) in [6, 6.07) is 6.87. The predicted molar refractivity (Wildman–Crippen MR) is 79.1 cm³/mol. The lowest BCUT2D eigenvalue weighted by atomic mass is 10.2. The van der Waals surface area contributed by atoms with E-state index < -0.39 is 0 Å². The highest BCUT2D eigenvalue weighted by atomic mass is 16.6. The highest BCUT2D eigenvalue weighted by Crippen LogP contribution is 2.20. The fourth-order valence-corrected chi connectivity index (χ4v) is 2.40. The summed E-state index contributed by atoms with van der Waals surface area (Å²) in [7, 11) is 0. The van der Waals surface area contributed by atoms with Crippen molar-refractivity contribution >= 4 is 0 Å². The minimum Gasteiger partial charge on any atom is -0.508 e. The second-order valence-corrected chi connectivity index (χ2v) is 5.24. The molecule has 0 spiro atoms. The van der Waals surface area contributed by atoms with Gasteiger partial charge < -0.3 is 14.6 Å². The maximum atomic E-state index is 9.29. The summed E-state index contributed by atoms with van der Waals surface area (Å²) in [4.78, 5) is 2.35. The number of nitrogens with zero attached hydrogens (tertiary/aromatic N) is 1. The number of phenols is 1. The molecule has 4 nitrogen and oxygen atoms in total. The molecule has 1 aliphatic rings. The van der Waals surface area contributed by atoms with E-state index in [1.54, 1.807) is 24.3 Å². The molecular formula is C16H25NO3. The van der Waals surface area contributed by atoms with Gasteiger partial charge in [-0.1, -0.05) is 26.2 Å². The van der Waals surface area contributed by atoms with Crippen molar-refractivity contribution in [3.8, 4) is 11.5 Å². The van der Waals surface area contributed by atoms with Crippen molar-refractivity contribution in [2.45, 2.75) is 38.8 Å². The van der Waals surface area contributed by atoms with Crippen molar-refractivity contribution < 1.29 is 14.6 Å². The number of hydrogen-bond donors (Lipinski definition) is 1. The largest absolute Gasteiger partial charge is 0.508 e. The molecule has 0 bridgehead atoms. The second-order valence-electron chi connectivity index (χ2n) is 5.24. The van der Waals surface area contributed by atoms with Crippen LogP contribution >= 0.6 is 0 Å². The molecular weight excluding hydrogens is 254 g/mol. The van der Waals surface area contributed by atoms with Crippen LogP contribution in [0.15, 0.2) is 24.3 Å². The highest BCUT2D eigenvalue weighted by molar-refractivity contribution is 5.30. The third kappa shape index (κ3) is 4.69. The molecule has 2 rings (SSSR count). The quantitative estimate of drug-likeness (QED) is 0.779. The van der Waals surface area contributed by atoms with E-state index >= 15 is 0 Å². The SMILES string of the molecule is CCCCCCN1CCOCC1Oc1ccc(O)cc1. The van der Waals surface area contributed by atoms with Crippen LogP contribution < -0.4 is 4.74 Å². The first kappa shape index (κ1) is 15.1. The standard InChI is InChI=1S/C16H25NO3/c1-2-3-4-5-10-17-11-12-19-13-16(17)20-15-8-6-14(18)7-9-15/h6-9,16,18H,2-5,10-13H2,1H3. The fraction of sp³-hybridized carbons (Fsp3) is 0.625. The van der Waals surface area contributed by atoms with Gasteiger partial charge in [0.05, 0.1) is 13.2 Å². The molecule has 1 heterocycles. The molecule has 1 N–H and O–H groups in total. The fourth-order valence-electron chi connectivity index (χ4n) is 2.40. The van der Waals surface area contributed by atoms with Gasteiger partial charge in [-0.15, -0.1) is 0 Å². The van der Waals surface area contributed by atoms with Crippen molar-refractivity contribution in [3.63, 3.8) is 0 Å². The molecule has 1 aliphatic heterocycles. The van der Waals surface area contributed by atoms with Crippen LogP contribution in [0, 0.1) is 0 Å². The molecule has 1 saturated heterocycles. The topological polar surface area (TPSA) is 41.9 Å². The van der Waals surface area contributed by atoms with Gasteiger partial charge in [0.15, 0.2) is 6.23 Å². The summed E-state index contributed by atoms with van der Waals surface area (Å²) in [5, 5.41) is 9.29. The number of rotatable bonds is 7. The van der Waals surface area contributed by atoms with Gasteiger partial charge in [0, 0.05) is 13.1 Å². The van der Waals surface area contributed by atoms with Crippen molar-refractivity contribution in [1.29, 1.82) is 0 Å². The summed E-state index contributed by atoms with van der Waals surface area (Å²) >= 11 is 0. The first-order valence-electron chi connectivity index (χ1n) is 7.57. The molecule has 4 heteroatoms. The molecule has 1 fully saturated rings. The number of aromatic hydroxyl groups is 1. The lowest BCUT2D eigenvalue weighted by Crippen LogP contribution is -2.49. The number of phenolic OH excluding ortho intramolecular Hbond substituents is 1. The average Bonchev–Trinajstić information content (AvgIpc) is 2.47. The summed E-state index contributed by atoms with van der Waals surface area (Å²) in [5.41, 5.74) is 0. The third-order valence-electron chi connectivity index (χ3n) is 3.60. The zero-order valence-corrected chi connectivity index (χ0v) is 12.3. The lowest BCUT2D eigenvalue weighted by molar-refractivity contribution is -0.0914. The zero-order chi connectivity index (χ0) is 14.2. The Labute approximate surface area is 121 Å². The number of benzene rings is 1. The minimum absolute atomic E-state index is 0.0186. The number of ether oxygens (including phenoxy) is 2. The Kier molecular flexibility index (Phi) is 6.15. The molecule has 0 aliphatic carbocycles. The van der Waals surface area contributed by atoms with Crippen LogP contribution in [0.4, 0.5) is 0 Å². The van der Waals surface area contributed by atoms with Crippen LogP contribution in [0.1, 0.15) is 32.6 Å². The molecule has 1 unspecified atom stereocenters. The van der Waals surface area contributed by atoms with E-state index in [1.165, 1.54) is 25.7 Å². The van der Waals surface area contributed by atoms with Crippen LogP contribution in [-0.2, 0) is 4.74 Å². The van der Waals surface area contributed by atoms with Crippen LogP contribution in [-0.4, -0.2) is 42.5 Å². The van der Waals surface area contributed by atoms with Gasteiger partial charge in [-0.3, -0.25) is 4.90 Å². The van der Waals surface area contributed by atoms with Gasteiger partial charge >= 0.3 is 0 Å². The van der Waals surface area contributed by atoms with Crippen molar-refractivity contribution in [2.24, 2.45) is 0 Å². The van der Waals surface area contributed by atoms with Gasteiger partial charge in [-0.2, -0.15) is 0 Å². The molecule has 0 amide bonds. The normalized spacial score (nSPS) is 19.9. The van der Waals surface area contributed by atoms with E-state index in [9.17, 15) is 5.11 Å². The smallest absolute Gasteiger partial charge is 0.176 e. The third-order valence-corrected chi connectivity index (χ3v) is 3.60. The molecule has 1 atom stereocenters. The molecule has 0 aromatic heterocycles. The molecule has 20 heavy (non-hydrogen) atoms. The Bertz CT molecular complexity index is 380. The summed E-state index contributed by atoms with van der Waals surface area (Å²) in [6.45, 7) is 5.60. The van der Waals surface area contributed by atoms with E-state index in [0.29, 0.717) is 6.61 Å². The van der Waals surface area contributed by atoms with E-state index in [2.05, 4.69) is 11.8 Å². The Hall–Kier alpha value is -1.26. The van der Waals surface area contributed by atoms with Gasteiger partial charge in [0.2, 0.25) is 0 Å². The Balaban J connectivity index is 1.84. The molecule has 0 radical (unpaired) electrons. The Morgan fingerprint density at radius 1 is 1.25 bits per heavy atom. The number of hydrogen-bond acceptors (Lipinski definition) is 4. The van der Waals surface area contributed by atoms with Gasteiger partial charge in [-0.25, -0.2) is 0 Å². The van der Waals surface area contributed by atoms with Crippen LogP contribution in [0.25, 0.3) is 0 Å². The number of morpholine rings is 1. The van der Waals surface area contributed by atoms with E-state index in [0.717, 1.165) is 25.4 Å². The zero-order valence-electron chi connectivity index (χ0n) is 12.3. The van der Waals surface area contributed by atoms with E-state index in [1.807, 2.05) is 0 Å². The van der Waals surface area contributed by atoms with Crippen LogP contribution in [0.5, 0.6) is 11.5 Å². The van der Waals surface area contributed by atoms with Crippen molar-refractivity contribution in [3.05, 3.63) is 24.3 Å². The Morgan fingerprint density at radius 3 is 2.80 bits per heavy atom. The highest BCUT2D eigenvalue weighted by Gasteiger charge is 2.24. The average molecular weight is 279 g/mol. The molecule has 1 aromatic carbocycles.